The Hall–Kier alpha value is -0.330. The first-order valence-electron chi connectivity index (χ1n) is 5.51. The maximum absolute atomic E-state index is 12.0. The lowest BCUT2D eigenvalue weighted by molar-refractivity contribution is 0.281. The quantitative estimate of drug-likeness (QED) is 0.793. The minimum Gasteiger partial charge on any atom is -0.392 e. The summed E-state index contributed by atoms with van der Waals surface area (Å²) in [6, 6.07) is 2.74. The summed E-state index contributed by atoms with van der Waals surface area (Å²) < 4.78 is 26.4. The van der Waals surface area contributed by atoms with Crippen LogP contribution in [-0.4, -0.2) is 20.1 Å². The van der Waals surface area contributed by atoms with Crippen LogP contribution < -0.4 is 4.72 Å². The molecule has 102 valence electrons. The Balaban J connectivity index is 3.10. The fourth-order valence-corrected chi connectivity index (χ4v) is 3.36. The molecule has 0 aliphatic heterocycles. The third kappa shape index (κ3) is 3.59. The predicted octanol–water partition coefficient (Wildman–Crippen LogP) is 2.56. The molecule has 7 heteroatoms. The van der Waals surface area contributed by atoms with Gasteiger partial charge in [-0.15, -0.1) is 0 Å². The van der Waals surface area contributed by atoms with Gasteiger partial charge < -0.3 is 5.11 Å². The molecular weight excluding hydrogens is 297 g/mol. The molecule has 0 amide bonds. The molecule has 0 saturated heterocycles. The number of hydrogen-bond acceptors (Lipinski definition) is 3. The topological polar surface area (TPSA) is 66.4 Å². The van der Waals surface area contributed by atoms with E-state index in [1.807, 2.05) is 6.92 Å². The highest BCUT2D eigenvalue weighted by molar-refractivity contribution is 7.89. The molecule has 18 heavy (non-hydrogen) atoms. The smallest absolute Gasteiger partial charge is 0.242 e. The summed E-state index contributed by atoms with van der Waals surface area (Å²) in [7, 11) is -3.66. The van der Waals surface area contributed by atoms with E-state index in [9.17, 15) is 8.42 Å². The molecule has 0 unspecified atom stereocenters. The molecule has 1 rings (SSSR count). The van der Waals surface area contributed by atoms with Crippen LogP contribution in [0.3, 0.4) is 0 Å². The van der Waals surface area contributed by atoms with E-state index in [-0.39, 0.29) is 20.5 Å². The third-order valence-electron chi connectivity index (χ3n) is 2.42. The van der Waals surface area contributed by atoms with Crippen LogP contribution in [0.1, 0.15) is 25.3 Å². The van der Waals surface area contributed by atoms with Gasteiger partial charge in [-0.1, -0.05) is 36.5 Å². The highest BCUT2D eigenvalue weighted by Crippen LogP contribution is 2.30. The second kappa shape index (κ2) is 6.73. The van der Waals surface area contributed by atoms with E-state index < -0.39 is 16.6 Å². The van der Waals surface area contributed by atoms with Crippen LogP contribution in [-0.2, 0) is 16.6 Å². The average Bonchev–Trinajstić information content (AvgIpc) is 2.29. The van der Waals surface area contributed by atoms with Crippen LogP contribution in [0.4, 0.5) is 0 Å². The molecule has 1 aromatic rings. The Morgan fingerprint density at radius 1 is 1.33 bits per heavy atom. The van der Waals surface area contributed by atoms with Crippen LogP contribution in [0.25, 0.3) is 0 Å². The van der Waals surface area contributed by atoms with E-state index in [4.69, 9.17) is 28.3 Å². The number of hydrogen-bond donors (Lipinski definition) is 2. The van der Waals surface area contributed by atoms with Crippen molar-refractivity contribution < 1.29 is 13.5 Å². The first-order chi connectivity index (χ1) is 8.44. The first-order valence-corrected chi connectivity index (χ1v) is 7.75. The van der Waals surface area contributed by atoms with Crippen molar-refractivity contribution in [1.29, 1.82) is 0 Å². The molecule has 0 saturated carbocycles. The summed E-state index contributed by atoms with van der Waals surface area (Å²) in [6.45, 7) is 1.91. The number of aliphatic hydroxyl groups excluding tert-OH is 1. The molecule has 0 spiro atoms. The molecular formula is C11H15Cl2NO3S. The van der Waals surface area contributed by atoms with Gasteiger partial charge in [0, 0.05) is 17.1 Å². The van der Waals surface area contributed by atoms with Crippen molar-refractivity contribution in [2.24, 2.45) is 0 Å². The minimum atomic E-state index is -3.66. The number of aliphatic hydroxyl groups is 1. The molecule has 4 nitrogen and oxygen atoms in total. The van der Waals surface area contributed by atoms with Crippen LogP contribution >= 0.6 is 23.2 Å². The Kier molecular flexibility index (Phi) is 5.88. The maximum atomic E-state index is 12.0. The van der Waals surface area contributed by atoms with Crippen molar-refractivity contribution in [2.45, 2.75) is 31.3 Å². The van der Waals surface area contributed by atoms with Gasteiger partial charge >= 0.3 is 0 Å². The van der Waals surface area contributed by atoms with Gasteiger partial charge in [-0.2, -0.15) is 0 Å². The van der Waals surface area contributed by atoms with Crippen molar-refractivity contribution in [1.82, 2.24) is 4.72 Å². The van der Waals surface area contributed by atoms with Gasteiger partial charge in [0.25, 0.3) is 0 Å². The number of sulfonamides is 1. The lowest BCUT2D eigenvalue weighted by atomic mass is 10.2. The SMILES string of the molecule is CCCCNS(=O)(=O)c1ccc(Cl)c(CO)c1Cl. The zero-order chi connectivity index (χ0) is 13.8. The standard InChI is InChI=1S/C11H15Cl2NO3S/c1-2-3-6-14-18(16,17)10-5-4-9(12)8(7-15)11(10)13/h4-5,14-15H,2-3,6-7H2,1H3. The Bertz CT molecular complexity index is 517. The molecule has 2 N–H and O–H groups in total. The normalized spacial score (nSPS) is 11.8. The van der Waals surface area contributed by atoms with Gasteiger partial charge in [-0.25, -0.2) is 13.1 Å². The highest BCUT2D eigenvalue weighted by Gasteiger charge is 2.20. The summed E-state index contributed by atoms with van der Waals surface area (Å²) in [5.41, 5.74) is 0.219. The van der Waals surface area contributed by atoms with Crippen molar-refractivity contribution >= 4 is 33.2 Å². The number of benzene rings is 1. The summed E-state index contributed by atoms with van der Waals surface area (Å²) in [5.74, 6) is 0. The molecule has 0 aromatic heterocycles. The van der Waals surface area contributed by atoms with Gasteiger partial charge in [-0.3, -0.25) is 0 Å². The summed E-state index contributed by atoms with van der Waals surface area (Å²) >= 11 is 11.8. The molecule has 0 fully saturated rings. The zero-order valence-electron chi connectivity index (χ0n) is 9.91. The number of nitrogens with one attached hydrogen (secondary N) is 1. The zero-order valence-corrected chi connectivity index (χ0v) is 12.2. The van der Waals surface area contributed by atoms with Gasteiger partial charge in [0.1, 0.15) is 4.90 Å². The lowest BCUT2D eigenvalue weighted by Crippen LogP contribution is -2.25. The van der Waals surface area contributed by atoms with E-state index >= 15 is 0 Å². The second-order valence-corrected chi connectivity index (χ2v) is 6.27. The van der Waals surface area contributed by atoms with Gasteiger partial charge in [-0.05, 0) is 18.6 Å². The number of halogens is 2. The third-order valence-corrected chi connectivity index (χ3v) is 4.82. The molecule has 0 aliphatic rings. The molecule has 0 bridgehead atoms. The first kappa shape index (κ1) is 15.7. The fourth-order valence-electron chi connectivity index (χ4n) is 1.39. The predicted molar refractivity (Wildman–Crippen MR) is 72.5 cm³/mol. The van der Waals surface area contributed by atoms with E-state index in [0.29, 0.717) is 6.54 Å². The summed E-state index contributed by atoms with van der Waals surface area (Å²) in [6.07, 6.45) is 1.63. The highest BCUT2D eigenvalue weighted by atomic mass is 35.5. The fraction of sp³-hybridized carbons (Fsp3) is 0.455. The number of rotatable bonds is 6. The lowest BCUT2D eigenvalue weighted by Gasteiger charge is -2.11. The summed E-state index contributed by atoms with van der Waals surface area (Å²) in [5, 5.41) is 9.33. The van der Waals surface area contributed by atoms with E-state index in [1.54, 1.807) is 0 Å². The largest absolute Gasteiger partial charge is 0.392 e. The van der Waals surface area contributed by atoms with Crippen molar-refractivity contribution in [3.63, 3.8) is 0 Å². The maximum Gasteiger partial charge on any atom is 0.242 e. The molecule has 0 aliphatic carbocycles. The average molecular weight is 312 g/mol. The van der Waals surface area contributed by atoms with E-state index in [2.05, 4.69) is 4.72 Å². The van der Waals surface area contributed by atoms with E-state index in [0.717, 1.165) is 12.8 Å². The van der Waals surface area contributed by atoms with Crippen LogP contribution in [0.2, 0.25) is 10.0 Å². The van der Waals surface area contributed by atoms with Crippen molar-refractivity contribution in [3.05, 3.63) is 27.7 Å². The van der Waals surface area contributed by atoms with Gasteiger partial charge in [0.15, 0.2) is 0 Å². The monoisotopic (exact) mass is 311 g/mol. The van der Waals surface area contributed by atoms with Crippen LogP contribution in [0.5, 0.6) is 0 Å². The van der Waals surface area contributed by atoms with E-state index in [1.165, 1.54) is 12.1 Å². The minimum absolute atomic E-state index is 0.0333. The summed E-state index contributed by atoms with van der Waals surface area (Å²) in [4.78, 5) is -0.0614. The van der Waals surface area contributed by atoms with Crippen molar-refractivity contribution in [3.8, 4) is 0 Å². The molecule has 0 radical (unpaired) electrons. The van der Waals surface area contributed by atoms with Gasteiger partial charge in [0.2, 0.25) is 10.0 Å². The Morgan fingerprint density at radius 2 is 2.00 bits per heavy atom. The van der Waals surface area contributed by atoms with Crippen LogP contribution in [0, 0.1) is 0 Å². The molecule has 1 aromatic carbocycles. The second-order valence-electron chi connectivity index (χ2n) is 3.75. The molecule has 0 heterocycles. The van der Waals surface area contributed by atoms with Crippen LogP contribution in [0.15, 0.2) is 17.0 Å². The van der Waals surface area contributed by atoms with Gasteiger partial charge in [0.05, 0.1) is 11.6 Å². The Morgan fingerprint density at radius 3 is 2.56 bits per heavy atom. The Labute approximate surface area is 117 Å². The number of unbranched alkanes of at least 4 members (excludes halogenated alkanes) is 1. The van der Waals surface area contributed by atoms with Crippen molar-refractivity contribution in [2.75, 3.05) is 6.54 Å². The molecule has 0 atom stereocenters.